The van der Waals surface area contributed by atoms with Crippen molar-refractivity contribution in [3.05, 3.63) is 12.2 Å². The van der Waals surface area contributed by atoms with E-state index in [2.05, 4.69) is 19.1 Å². The summed E-state index contributed by atoms with van der Waals surface area (Å²) in [5, 5.41) is 0. The first-order valence-electron chi connectivity index (χ1n) is 8.61. The molecule has 0 spiro atoms. The highest BCUT2D eigenvalue weighted by molar-refractivity contribution is 5.69. The Morgan fingerprint density at radius 2 is 1.35 bits per heavy atom. The van der Waals surface area contributed by atoms with Crippen molar-refractivity contribution < 1.29 is 9.53 Å². The van der Waals surface area contributed by atoms with E-state index in [1.54, 1.807) is 0 Å². The molecular formula is C18H34O2. The lowest BCUT2D eigenvalue weighted by atomic mass is 10.1. The molecule has 0 N–H and O–H groups in total. The summed E-state index contributed by atoms with van der Waals surface area (Å²) in [6.45, 7) is 4.60. The van der Waals surface area contributed by atoms with E-state index in [1.165, 1.54) is 57.8 Å². The van der Waals surface area contributed by atoms with Crippen LogP contribution in [-0.4, -0.2) is 12.6 Å². The molecule has 0 aromatic carbocycles. The first-order chi connectivity index (χ1) is 9.81. The molecule has 0 bridgehead atoms. The van der Waals surface area contributed by atoms with Gasteiger partial charge in [0, 0.05) is 6.42 Å². The van der Waals surface area contributed by atoms with Crippen molar-refractivity contribution in [2.45, 2.75) is 90.9 Å². The topological polar surface area (TPSA) is 26.3 Å². The summed E-state index contributed by atoms with van der Waals surface area (Å²) in [6, 6.07) is 0. The van der Waals surface area contributed by atoms with Crippen molar-refractivity contribution in [2.24, 2.45) is 0 Å². The molecule has 0 fully saturated rings. The summed E-state index contributed by atoms with van der Waals surface area (Å²) in [6.07, 6.45) is 19.2. The van der Waals surface area contributed by atoms with Gasteiger partial charge in [-0.2, -0.15) is 0 Å². The molecule has 0 aliphatic heterocycles. The van der Waals surface area contributed by atoms with E-state index in [0.717, 1.165) is 12.8 Å². The number of ether oxygens (including phenoxy) is 1. The molecule has 0 rings (SSSR count). The molecule has 0 aliphatic rings. The third kappa shape index (κ3) is 15.3. The van der Waals surface area contributed by atoms with Crippen LogP contribution in [0.2, 0.25) is 0 Å². The number of esters is 1. The Hall–Kier alpha value is -0.790. The van der Waals surface area contributed by atoms with Crippen molar-refractivity contribution in [3.8, 4) is 0 Å². The first kappa shape index (κ1) is 19.2. The van der Waals surface area contributed by atoms with Gasteiger partial charge in [-0.25, -0.2) is 0 Å². The maximum atomic E-state index is 11.1. The Morgan fingerprint density at radius 1 is 0.800 bits per heavy atom. The minimum Gasteiger partial charge on any atom is -0.466 e. The monoisotopic (exact) mass is 282 g/mol. The van der Waals surface area contributed by atoms with Gasteiger partial charge in [0.25, 0.3) is 0 Å². The Balaban J connectivity index is 3.13. The molecule has 0 saturated heterocycles. The van der Waals surface area contributed by atoms with Crippen LogP contribution in [0.3, 0.4) is 0 Å². The van der Waals surface area contributed by atoms with Gasteiger partial charge in [0.05, 0.1) is 6.61 Å². The second-order valence-electron chi connectivity index (χ2n) is 5.43. The summed E-state index contributed by atoms with van der Waals surface area (Å²) in [7, 11) is 0. The SMILES string of the molecule is CCCCCCCCCCC/C=C/CCC(=O)OCC. The van der Waals surface area contributed by atoms with Crippen molar-refractivity contribution in [3.63, 3.8) is 0 Å². The number of hydrogen-bond acceptors (Lipinski definition) is 2. The molecule has 2 nitrogen and oxygen atoms in total. The van der Waals surface area contributed by atoms with Crippen molar-refractivity contribution in [2.75, 3.05) is 6.61 Å². The van der Waals surface area contributed by atoms with E-state index in [0.29, 0.717) is 13.0 Å². The van der Waals surface area contributed by atoms with Gasteiger partial charge >= 0.3 is 5.97 Å². The Morgan fingerprint density at radius 3 is 1.95 bits per heavy atom. The third-order valence-corrected chi connectivity index (χ3v) is 3.46. The van der Waals surface area contributed by atoms with Gasteiger partial charge in [0.15, 0.2) is 0 Å². The van der Waals surface area contributed by atoms with E-state index >= 15 is 0 Å². The zero-order valence-electron chi connectivity index (χ0n) is 13.7. The first-order valence-corrected chi connectivity index (χ1v) is 8.61. The van der Waals surface area contributed by atoms with Crippen LogP contribution in [0.5, 0.6) is 0 Å². The van der Waals surface area contributed by atoms with Crippen LogP contribution in [0.15, 0.2) is 12.2 Å². The van der Waals surface area contributed by atoms with Gasteiger partial charge in [-0.05, 0) is 26.2 Å². The fourth-order valence-electron chi connectivity index (χ4n) is 2.24. The number of carbonyl (C=O) groups excluding carboxylic acids is 1. The van der Waals surface area contributed by atoms with Crippen molar-refractivity contribution >= 4 is 5.97 Å². The van der Waals surface area contributed by atoms with E-state index in [1.807, 2.05) is 6.92 Å². The van der Waals surface area contributed by atoms with Gasteiger partial charge in [0.1, 0.15) is 0 Å². The zero-order valence-corrected chi connectivity index (χ0v) is 13.7. The average Bonchev–Trinajstić information content (AvgIpc) is 2.44. The summed E-state index contributed by atoms with van der Waals surface area (Å²) in [5.41, 5.74) is 0. The number of rotatable bonds is 14. The minimum absolute atomic E-state index is 0.0831. The molecule has 0 aliphatic carbocycles. The molecule has 0 atom stereocenters. The number of carbonyl (C=O) groups is 1. The van der Waals surface area contributed by atoms with E-state index in [4.69, 9.17) is 4.74 Å². The second kappa shape index (κ2) is 16.3. The lowest BCUT2D eigenvalue weighted by Gasteiger charge is -2.00. The normalized spacial score (nSPS) is 11.1. The second-order valence-corrected chi connectivity index (χ2v) is 5.43. The molecule has 20 heavy (non-hydrogen) atoms. The fourth-order valence-corrected chi connectivity index (χ4v) is 2.24. The predicted octanol–water partition coefficient (Wildman–Crippen LogP) is 5.81. The molecule has 0 radical (unpaired) electrons. The van der Waals surface area contributed by atoms with Gasteiger partial charge in [-0.3, -0.25) is 4.79 Å². The van der Waals surface area contributed by atoms with Crippen molar-refractivity contribution in [1.82, 2.24) is 0 Å². The molecule has 0 saturated carbocycles. The molecule has 118 valence electrons. The highest BCUT2D eigenvalue weighted by Crippen LogP contribution is 2.10. The van der Waals surface area contributed by atoms with Crippen LogP contribution in [-0.2, 0) is 9.53 Å². The van der Waals surface area contributed by atoms with Gasteiger partial charge in [0.2, 0.25) is 0 Å². The summed E-state index contributed by atoms with van der Waals surface area (Å²) < 4.78 is 4.88. The molecule has 0 heterocycles. The standard InChI is InChI=1S/C18H34O2/c1-3-5-6-7-8-9-10-11-12-13-14-15-16-17-18(19)20-4-2/h14-15H,3-13,16-17H2,1-2H3/b15-14+. The molecule has 0 aromatic heterocycles. The Bertz CT molecular complexity index is 234. The van der Waals surface area contributed by atoms with Gasteiger partial charge in [-0.1, -0.05) is 70.4 Å². The summed E-state index contributed by atoms with van der Waals surface area (Å²) in [4.78, 5) is 11.1. The van der Waals surface area contributed by atoms with Crippen LogP contribution in [0, 0.1) is 0 Å². The van der Waals surface area contributed by atoms with Crippen LogP contribution in [0.25, 0.3) is 0 Å². The Kier molecular flexibility index (Phi) is 15.6. The number of allylic oxidation sites excluding steroid dienone is 2. The predicted molar refractivity (Wildman–Crippen MR) is 86.9 cm³/mol. The quantitative estimate of drug-likeness (QED) is 0.228. The lowest BCUT2D eigenvalue weighted by molar-refractivity contribution is -0.142. The molecule has 2 heteroatoms. The minimum atomic E-state index is -0.0831. The van der Waals surface area contributed by atoms with Crippen LogP contribution < -0.4 is 0 Å². The van der Waals surface area contributed by atoms with E-state index in [-0.39, 0.29) is 5.97 Å². The van der Waals surface area contributed by atoms with Crippen LogP contribution in [0.1, 0.15) is 90.9 Å². The summed E-state index contributed by atoms with van der Waals surface area (Å²) >= 11 is 0. The highest BCUT2D eigenvalue weighted by atomic mass is 16.5. The van der Waals surface area contributed by atoms with Crippen LogP contribution >= 0.6 is 0 Å². The molecule has 0 unspecified atom stereocenters. The highest BCUT2D eigenvalue weighted by Gasteiger charge is 1.97. The number of unbranched alkanes of at least 4 members (excludes halogenated alkanes) is 9. The maximum Gasteiger partial charge on any atom is 0.306 e. The maximum absolute atomic E-state index is 11.1. The zero-order chi connectivity index (χ0) is 14.9. The fraction of sp³-hybridized carbons (Fsp3) is 0.833. The van der Waals surface area contributed by atoms with Gasteiger partial charge in [-0.15, -0.1) is 0 Å². The third-order valence-electron chi connectivity index (χ3n) is 3.46. The summed E-state index contributed by atoms with van der Waals surface area (Å²) in [5.74, 6) is -0.0831. The smallest absolute Gasteiger partial charge is 0.306 e. The molecular weight excluding hydrogens is 248 g/mol. The largest absolute Gasteiger partial charge is 0.466 e. The van der Waals surface area contributed by atoms with Gasteiger partial charge < -0.3 is 4.74 Å². The van der Waals surface area contributed by atoms with E-state index < -0.39 is 0 Å². The van der Waals surface area contributed by atoms with Crippen LogP contribution in [0.4, 0.5) is 0 Å². The Labute approximate surface area is 126 Å². The average molecular weight is 282 g/mol. The molecule has 0 amide bonds. The van der Waals surface area contributed by atoms with Crippen molar-refractivity contribution in [1.29, 1.82) is 0 Å². The van der Waals surface area contributed by atoms with E-state index in [9.17, 15) is 4.79 Å². The molecule has 0 aromatic rings. The lowest BCUT2D eigenvalue weighted by Crippen LogP contribution is -2.02. The number of hydrogen-bond donors (Lipinski definition) is 0.